The maximum Gasteiger partial charge on any atom is 0.105 e. The summed E-state index contributed by atoms with van der Waals surface area (Å²) in [6, 6.07) is 9.02. The molecule has 2 aromatic rings. The van der Waals surface area contributed by atoms with E-state index in [2.05, 4.69) is 50.4 Å². The van der Waals surface area contributed by atoms with E-state index in [1.807, 2.05) is 13.8 Å². The molecule has 1 N–H and O–H groups in total. The van der Waals surface area contributed by atoms with Crippen LogP contribution in [0.15, 0.2) is 28.7 Å². The first-order valence-electron chi connectivity index (χ1n) is 6.84. The zero-order chi connectivity index (χ0) is 14.0. The molecule has 1 aromatic carbocycles. The molecule has 0 saturated heterocycles. The molecule has 1 unspecified atom stereocenters. The molecule has 0 amide bonds. The van der Waals surface area contributed by atoms with E-state index in [-0.39, 0.29) is 0 Å². The number of hydrogen-bond donors (Lipinski definition) is 1. The highest BCUT2D eigenvalue weighted by molar-refractivity contribution is 5.31. The van der Waals surface area contributed by atoms with Crippen LogP contribution in [-0.4, -0.2) is 0 Å². The summed E-state index contributed by atoms with van der Waals surface area (Å²) in [5.41, 5.74) is 5.27. The van der Waals surface area contributed by atoms with E-state index < -0.39 is 0 Å². The van der Waals surface area contributed by atoms with Crippen LogP contribution >= 0.6 is 0 Å². The zero-order valence-corrected chi connectivity index (χ0v) is 12.5. The molecular weight excluding hydrogens is 234 g/mol. The molecule has 0 radical (unpaired) electrons. The summed E-state index contributed by atoms with van der Waals surface area (Å²) in [7, 11) is 0. The molecule has 0 fully saturated rings. The lowest BCUT2D eigenvalue weighted by atomic mass is 10.0. The third-order valence-corrected chi connectivity index (χ3v) is 3.65. The summed E-state index contributed by atoms with van der Waals surface area (Å²) >= 11 is 0. The van der Waals surface area contributed by atoms with Crippen LogP contribution in [0.5, 0.6) is 0 Å². The number of nitrogens with one attached hydrogen (secondary N) is 1. The molecule has 0 bridgehead atoms. The van der Waals surface area contributed by atoms with Crippen molar-refractivity contribution in [2.45, 2.75) is 47.2 Å². The Kier molecular flexibility index (Phi) is 4.11. The Labute approximate surface area is 115 Å². The summed E-state index contributed by atoms with van der Waals surface area (Å²) < 4.78 is 5.59. The summed E-state index contributed by atoms with van der Waals surface area (Å²) in [6.45, 7) is 11.4. The van der Waals surface area contributed by atoms with E-state index in [1.165, 1.54) is 22.3 Å². The molecule has 0 spiro atoms. The number of benzene rings is 1. The van der Waals surface area contributed by atoms with Crippen molar-refractivity contribution < 1.29 is 4.42 Å². The van der Waals surface area contributed by atoms with Crippen molar-refractivity contribution in [2.75, 3.05) is 0 Å². The second kappa shape index (κ2) is 5.62. The number of hydrogen-bond acceptors (Lipinski definition) is 2. The van der Waals surface area contributed by atoms with Crippen LogP contribution in [0, 0.1) is 27.7 Å². The molecule has 2 rings (SSSR count). The lowest BCUT2D eigenvalue weighted by Gasteiger charge is -2.15. The fraction of sp³-hybridized carbons (Fsp3) is 0.412. The minimum absolute atomic E-state index is 0.303. The van der Waals surface area contributed by atoms with Gasteiger partial charge in [0.05, 0.1) is 0 Å². The minimum Gasteiger partial charge on any atom is -0.466 e. The van der Waals surface area contributed by atoms with E-state index >= 15 is 0 Å². The Bertz CT molecular complexity index is 569. The summed E-state index contributed by atoms with van der Waals surface area (Å²) in [6.07, 6.45) is 0. The van der Waals surface area contributed by atoms with Crippen molar-refractivity contribution in [2.24, 2.45) is 0 Å². The van der Waals surface area contributed by atoms with Gasteiger partial charge in [0.15, 0.2) is 0 Å². The fourth-order valence-corrected chi connectivity index (χ4v) is 2.44. The van der Waals surface area contributed by atoms with Gasteiger partial charge in [0.25, 0.3) is 0 Å². The maximum atomic E-state index is 5.59. The van der Waals surface area contributed by atoms with E-state index in [0.29, 0.717) is 6.04 Å². The number of furan rings is 1. The third kappa shape index (κ3) is 3.27. The van der Waals surface area contributed by atoms with Crippen LogP contribution in [0.4, 0.5) is 0 Å². The molecule has 1 aromatic heterocycles. The van der Waals surface area contributed by atoms with Crippen LogP contribution < -0.4 is 5.32 Å². The average Bonchev–Trinajstić information content (AvgIpc) is 2.69. The maximum absolute atomic E-state index is 5.59. The molecule has 2 nitrogen and oxygen atoms in total. The summed E-state index contributed by atoms with van der Waals surface area (Å²) in [5.74, 6) is 1.99. The van der Waals surface area contributed by atoms with E-state index in [9.17, 15) is 0 Å². The first kappa shape index (κ1) is 13.9. The molecule has 1 atom stereocenters. The van der Waals surface area contributed by atoms with Crippen LogP contribution in [0.1, 0.15) is 46.7 Å². The monoisotopic (exact) mass is 257 g/mol. The van der Waals surface area contributed by atoms with Crippen molar-refractivity contribution in [1.29, 1.82) is 0 Å². The molecule has 0 aliphatic rings. The summed E-state index contributed by atoms with van der Waals surface area (Å²) in [5, 5.41) is 3.58. The van der Waals surface area contributed by atoms with Gasteiger partial charge in [0.2, 0.25) is 0 Å². The fourth-order valence-electron chi connectivity index (χ4n) is 2.44. The van der Waals surface area contributed by atoms with E-state index in [0.717, 1.165) is 18.1 Å². The SMILES string of the molecule is Cc1ccc(C)c(CNC(C)c2cc(C)oc2C)c1. The Morgan fingerprint density at radius 2 is 1.84 bits per heavy atom. The van der Waals surface area contributed by atoms with Crippen molar-refractivity contribution in [3.8, 4) is 0 Å². The molecule has 102 valence electrons. The van der Waals surface area contributed by atoms with Crippen LogP contribution in [0.2, 0.25) is 0 Å². The largest absolute Gasteiger partial charge is 0.466 e. The van der Waals surface area contributed by atoms with Crippen molar-refractivity contribution in [3.63, 3.8) is 0 Å². The first-order chi connectivity index (χ1) is 8.97. The van der Waals surface area contributed by atoms with E-state index in [4.69, 9.17) is 4.42 Å². The van der Waals surface area contributed by atoms with Crippen LogP contribution in [0.25, 0.3) is 0 Å². The topological polar surface area (TPSA) is 25.2 Å². The normalized spacial score (nSPS) is 12.7. The Balaban J connectivity index is 2.06. The molecular formula is C17H23NO. The van der Waals surface area contributed by atoms with Gasteiger partial charge in [-0.05, 0) is 51.8 Å². The Morgan fingerprint density at radius 1 is 1.11 bits per heavy atom. The molecule has 0 aliphatic heterocycles. The second-order valence-corrected chi connectivity index (χ2v) is 5.40. The van der Waals surface area contributed by atoms with Gasteiger partial charge >= 0.3 is 0 Å². The average molecular weight is 257 g/mol. The van der Waals surface area contributed by atoms with Gasteiger partial charge < -0.3 is 9.73 Å². The van der Waals surface area contributed by atoms with Crippen LogP contribution in [-0.2, 0) is 6.54 Å². The highest BCUT2D eigenvalue weighted by Gasteiger charge is 2.12. The van der Waals surface area contributed by atoms with E-state index in [1.54, 1.807) is 0 Å². The second-order valence-electron chi connectivity index (χ2n) is 5.40. The third-order valence-electron chi connectivity index (χ3n) is 3.65. The lowest BCUT2D eigenvalue weighted by molar-refractivity contribution is 0.489. The lowest BCUT2D eigenvalue weighted by Crippen LogP contribution is -2.18. The van der Waals surface area contributed by atoms with Crippen molar-refractivity contribution in [3.05, 3.63) is 58.0 Å². The smallest absolute Gasteiger partial charge is 0.105 e. The van der Waals surface area contributed by atoms with Gasteiger partial charge in [-0.15, -0.1) is 0 Å². The highest BCUT2D eigenvalue weighted by Crippen LogP contribution is 2.22. The number of rotatable bonds is 4. The van der Waals surface area contributed by atoms with Crippen molar-refractivity contribution in [1.82, 2.24) is 5.32 Å². The minimum atomic E-state index is 0.303. The van der Waals surface area contributed by atoms with Gasteiger partial charge in [-0.1, -0.05) is 23.8 Å². The molecule has 19 heavy (non-hydrogen) atoms. The van der Waals surface area contributed by atoms with Crippen molar-refractivity contribution >= 4 is 0 Å². The van der Waals surface area contributed by atoms with Gasteiger partial charge in [-0.2, -0.15) is 0 Å². The Hall–Kier alpha value is -1.54. The number of aryl methyl sites for hydroxylation is 4. The Morgan fingerprint density at radius 3 is 2.47 bits per heavy atom. The molecule has 2 heteroatoms. The predicted molar refractivity (Wildman–Crippen MR) is 79.4 cm³/mol. The van der Waals surface area contributed by atoms with Gasteiger partial charge in [-0.3, -0.25) is 0 Å². The van der Waals surface area contributed by atoms with Gasteiger partial charge in [0.1, 0.15) is 11.5 Å². The van der Waals surface area contributed by atoms with Gasteiger partial charge in [0, 0.05) is 18.2 Å². The molecule has 0 aliphatic carbocycles. The van der Waals surface area contributed by atoms with Gasteiger partial charge in [-0.25, -0.2) is 0 Å². The zero-order valence-electron chi connectivity index (χ0n) is 12.5. The standard InChI is InChI=1S/C17H23NO/c1-11-6-7-12(2)16(8-11)10-18-14(4)17-9-13(3)19-15(17)5/h6-9,14,18H,10H2,1-5H3. The molecule has 0 saturated carbocycles. The van der Waals surface area contributed by atoms with Crippen LogP contribution in [0.3, 0.4) is 0 Å². The molecule has 1 heterocycles. The quantitative estimate of drug-likeness (QED) is 0.880. The highest BCUT2D eigenvalue weighted by atomic mass is 16.3. The first-order valence-corrected chi connectivity index (χ1v) is 6.84. The summed E-state index contributed by atoms with van der Waals surface area (Å²) in [4.78, 5) is 0. The predicted octanol–water partition coefficient (Wildman–Crippen LogP) is 4.36.